The molecule has 0 aromatic heterocycles. The lowest BCUT2D eigenvalue weighted by Crippen LogP contribution is -2.38. The molecule has 0 heterocycles. The first-order chi connectivity index (χ1) is 11.7. The second-order valence-corrected chi connectivity index (χ2v) is 5.51. The van der Waals surface area contributed by atoms with Crippen LogP contribution in [-0.4, -0.2) is 39.2 Å². The van der Waals surface area contributed by atoms with Gasteiger partial charge in [0.2, 0.25) is 0 Å². The number of hydrogen-bond acceptors (Lipinski definition) is 3. The normalized spacial score (nSPS) is 10.8. The summed E-state index contributed by atoms with van der Waals surface area (Å²) in [6, 6.07) is 6.80. The maximum atomic E-state index is 13.5. The number of aliphatic imine (C=N–C) groups is 1. The number of esters is 1. The van der Waals surface area contributed by atoms with Gasteiger partial charge < -0.3 is 15.4 Å². The number of guanidine groups is 1. The molecule has 0 aliphatic carbocycles. The van der Waals surface area contributed by atoms with Crippen LogP contribution in [0, 0.1) is 5.82 Å². The fourth-order valence-corrected chi connectivity index (χ4v) is 2.29. The lowest BCUT2D eigenvalue weighted by atomic mass is 10.1. The number of methoxy groups -OCH3 is 1. The summed E-state index contributed by atoms with van der Waals surface area (Å²) >= 11 is 0. The number of ether oxygens (including phenoxy) is 1. The van der Waals surface area contributed by atoms with Crippen molar-refractivity contribution >= 4 is 35.9 Å². The minimum Gasteiger partial charge on any atom is -0.469 e. The zero-order valence-corrected chi connectivity index (χ0v) is 17.3. The molecular weight excluding hydrogens is 436 g/mol. The van der Waals surface area contributed by atoms with Gasteiger partial charge in [-0.05, 0) is 30.9 Å². The van der Waals surface area contributed by atoms with E-state index in [0.29, 0.717) is 24.9 Å². The van der Waals surface area contributed by atoms with Crippen molar-refractivity contribution in [3.05, 3.63) is 35.6 Å². The smallest absolute Gasteiger partial charge is 0.305 e. The van der Waals surface area contributed by atoms with Crippen LogP contribution in [-0.2, 0) is 16.0 Å². The SMILES string of the molecule is CN=C(NCCCCCCC(=O)OC)NCCc1ccccc1F.I. The number of rotatable bonds is 10. The number of nitrogens with zero attached hydrogens (tertiary/aromatic N) is 1. The van der Waals surface area contributed by atoms with Crippen LogP contribution in [0.15, 0.2) is 29.3 Å². The highest BCUT2D eigenvalue weighted by molar-refractivity contribution is 14.0. The summed E-state index contributed by atoms with van der Waals surface area (Å²) in [6.45, 7) is 1.44. The zero-order chi connectivity index (χ0) is 17.6. The maximum absolute atomic E-state index is 13.5. The Bertz CT molecular complexity index is 527. The molecule has 0 spiro atoms. The second kappa shape index (κ2) is 14.9. The first kappa shape index (κ1) is 23.6. The van der Waals surface area contributed by atoms with Gasteiger partial charge in [0.1, 0.15) is 5.82 Å². The highest BCUT2D eigenvalue weighted by atomic mass is 127. The lowest BCUT2D eigenvalue weighted by Gasteiger charge is -2.12. The molecule has 0 bridgehead atoms. The Morgan fingerprint density at radius 3 is 2.48 bits per heavy atom. The van der Waals surface area contributed by atoms with E-state index in [1.54, 1.807) is 19.2 Å². The molecule has 0 atom stereocenters. The van der Waals surface area contributed by atoms with Crippen LogP contribution in [0.1, 0.15) is 37.7 Å². The summed E-state index contributed by atoms with van der Waals surface area (Å²) in [7, 11) is 3.13. The molecule has 0 radical (unpaired) electrons. The first-order valence-electron chi connectivity index (χ1n) is 8.42. The molecule has 0 unspecified atom stereocenters. The van der Waals surface area contributed by atoms with Crippen molar-refractivity contribution in [3.8, 4) is 0 Å². The van der Waals surface area contributed by atoms with Gasteiger partial charge in [-0.25, -0.2) is 4.39 Å². The van der Waals surface area contributed by atoms with Crippen molar-refractivity contribution in [1.29, 1.82) is 0 Å². The lowest BCUT2D eigenvalue weighted by molar-refractivity contribution is -0.140. The molecule has 0 aliphatic rings. The Morgan fingerprint density at radius 1 is 1.12 bits per heavy atom. The maximum Gasteiger partial charge on any atom is 0.305 e. The molecule has 1 rings (SSSR count). The minimum absolute atomic E-state index is 0. The summed E-state index contributed by atoms with van der Waals surface area (Å²) in [5.74, 6) is 0.405. The van der Waals surface area contributed by atoms with Gasteiger partial charge in [0.25, 0.3) is 0 Å². The Kier molecular flexibility index (Phi) is 14.1. The predicted octanol–water partition coefficient (Wildman–Crippen LogP) is 3.27. The van der Waals surface area contributed by atoms with E-state index in [2.05, 4.69) is 20.4 Å². The van der Waals surface area contributed by atoms with Gasteiger partial charge in [-0.15, -0.1) is 24.0 Å². The van der Waals surface area contributed by atoms with Gasteiger partial charge >= 0.3 is 5.97 Å². The van der Waals surface area contributed by atoms with E-state index < -0.39 is 0 Å². The van der Waals surface area contributed by atoms with Gasteiger partial charge in [-0.2, -0.15) is 0 Å². The number of benzene rings is 1. The molecule has 0 amide bonds. The summed E-state index contributed by atoms with van der Waals surface area (Å²) < 4.78 is 18.1. The first-order valence-corrected chi connectivity index (χ1v) is 8.42. The van der Waals surface area contributed by atoms with Gasteiger partial charge in [-0.1, -0.05) is 31.0 Å². The molecule has 0 saturated heterocycles. The third-order valence-corrected chi connectivity index (χ3v) is 3.70. The molecule has 7 heteroatoms. The van der Waals surface area contributed by atoms with E-state index in [9.17, 15) is 9.18 Å². The third kappa shape index (κ3) is 11.0. The van der Waals surface area contributed by atoms with Crippen molar-refractivity contribution in [3.63, 3.8) is 0 Å². The van der Waals surface area contributed by atoms with Crippen LogP contribution in [0.3, 0.4) is 0 Å². The number of hydrogen-bond donors (Lipinski definition) is 2. The third-order valence-electron chi connectivity index (χ3n) is 3.70. The van der Waals surface area contributed by atoms with Gasteiger partial charge in [0.05, 0.1) is 7.11 Å². The molecule has 0 fully saturated rings. The second-order valence-electron chi connectivity index (χ2n) is 5.51. The fourth-order valence-electron chi connectivity index (χ4n) is 2.29. The van der Waals surface area contributed by atoms with E-state index in [1.165, 1.54) is 13.2 Å². The number of carbonyl (C=O) groups is 1. The van der Waals surface area contributed by atoms with Crippen LogP contribution in [0.5, 0.6) is 0 Å². The molecule has 2 N–H and O–H groups in total. The van der Waals surface area contributed by atoms with Crippen LogP contribution < -0.4 is 10.6 Å². The monoisotopic (exact) mass is 465 g/mol. The van der Waals surface area contributed by atoms with Gasteiger partial charge in [-0.3, -0.25) is 9.79 Å². The molecule has 1 aromatic carbocycles. The van der Waals surface area contributed by atoms with Crippen LogP contribution in [0.4, 0.5) is 4.39 Å². The van der Waals surface area contributed by atoms with Crippen molar-refractivity contribution in [2.45, 2.75) is 38.5 Å². The Hall–Kier alpha value is -1.38. The average Bonchev–Trinajstić information content (AvgIpc) is 2.60. The fraction of sp³-hybridized carbons (Fsp3) is 0.556. The van der Waals surface area contributed by atoms with Crippen LogP contribution >= 0.6 is 24.0 Å². The standard InChI is InChI=1S/C18H28FN3O2.HI/c1-20-18(21-13-8-4-3-5-11-17(23)24-2)22-14-12-15-9-6-7-10-16(15)19;/h6-7,9-10H,3-5,8,11-14H2,1-2H3,(H2,20,21,22);1H. The van der Waals surface area contributed by atoms with E-state index in [0.717, 1.165) is 38.2 Å². The number of unbranched alkanes of at least 4 members (excludes halogenated alkanes) is 3. The van der Waals surface area contributed by atoms with E-state index in [4.69, 9.17) is 0 Å². The molecule has 142 valence electrons. The predicted molar refractivity (Wildman–Crippen MR) is 110 cm³/mol. The number of halogens is 2. The molecule has 5 nitrogen and oxygen atoms in total. The minimum atomic E-state index is -0.172. The highest BCUT2D eigenvalue weighted by Crippen LogP contribution is 2.06. The summed E-state index contributed by atoms with van der Waals surface area (Å²) in [5.41, 5.74) is 0.700. The van der Waals surface area contributed by atoms with Crippen molar-refractivity contribution in [2.24, 2.45) is 4.99 Å². The van der Waals surface area contributed by atoms with Crippen LogP contribution in [0.25, 0.3) is 0 Å². The quantitative estimate of drug-likeness (QED) is 0.183. The summed E-state index contributed by atoms with van der Waals surface area (Å²) in [4.78, 5) is 15.1. The summed E-state index contributed by atoms with van der Waals surface area (Å²) in [6.07, 6.45) is 5.04. The molecule has 0 saturated carbocycles. The van der Waals surface area contributed by atoms with Crippen molar-refractivity contribution < 1.29 is 13.9 Å². The summed E-state index contributed by atoms with van der Waals surface area (Å²) in [5, 5.41) is 6.42. The van der Waals surface area contributed by atoms with E-state index >= 15 is 0 Å². The molecule has 1 aromatic rings. The number of carbonyl (C=O) groups excluding carboxylic acids is 1. The van der Waals surface area contributed by atoms with Gasteiger partial charge in [0.15, 0.2) is 5.96 Å². The van der Waals surface area contributed by atoms with Gasteiger partial charge in [0, 0.05) is 26.6 Å². The van der Waals surface area contributed by atoms with Crippen molar-refractivity contribution in [1.82, 2.24) is 10.6 Å². The highest BCUT2D eigenvalue weighted by Gasteiger charge is 2.02. The van der Waals surface area contributed by atoms with Crippen LogP contribution in [0.2, 0.25) is 0 Å². The Balaban J connectivity index is 0.00000576. The van der Waals surface area contributed by atoms with E-state index in [1.807, 2.05) is 6.07 Å². The van der Waals surface area contributed by atoms with E-state index in [-0.39, 0.29) is 35.8 Å². The zero-order valence-electron chi connectivity index (χ0n) is 15.0. The average molecular weight is 465 g/mol. The molecule has 0 aliphatic heterocycles. The van der Waals surface area contributed by atoms with Crippen molar-refractivity contribution in [2.75, 3.05) is 27.2 Å². The Labute approximate surface area is 166 Å². The number of nitrogens with one attached hydrogen (secondary N) is 2. The topological polar surface area (TPSA) is 62.7 Å². The Morgan fingerprint density at radius 2 is 1.80 bits per heavy atom. The molecule has 25 heavy (non-hydrogen) atoms. The largest absolute Gasteiger partial charge is 0.469 e. The molecular formula is C18H29FIN3O2.